The number of carbonyl (C=O) groups excluding carboxylic acids is 1. The minimum atomic E-state index is -5.08. The molecule has 1 aromatic rings. The molecular formula is C22H28F4N2O4. The standard InChI is InChI=1S/C20H27FN2O2.C2HF3O2/c21-17-3-1-2-16(12-17)14-23-10-8-20(9-11-23)7-6-18(25-20)19(24)22-13-15-4-5-15;3-2(4,5)1(6)7/h1-3,12,15,18H,4-11,13-14H2,(H,22,24);(H,6,7). The summed E-state index contributed by atoms with van der Waals surface area (Å²) in [5.41, 5.74) is 0.889. The van der Waals surface area contributed by atoms with Crippen LogP contribution < -0.4 is 5.32 Å². The molecule has 2 aliphatic heterocycles. The Kier molecular flexibility index (Phi) is 7.76. The zero-order valence-corrected chi connectivity index (χ0v) is 17.7. The van der Waals surface area contributed by atoms with E-state index < -0.39 is 12.1 Å². The van der Waals surface area contributed by atoms with Crippen LogP contribution in [0.25, 0.3) is 0 Å². The predicted octanol–water partition coefficient (Wildman–Crippen LogP) is 3.50. The fourth-order valence-electron chi connectivity index (χ4n) is 4.06. The van der Waals surface area contributed by atoms with Gasteiger partial charge in [0.05, 0.1) is 5.60 Å². The number of rotatable bonds is 5. The number of ether oxygens (including phenoxy) is 1. The highest BCUT2D eigenvalue weighted by Gasteiger charge is 2.44. The Morgan fingerprint density at radius 2 is 1.81 bits per heavy atom. The molecule has 2 heterocycles. The van der Waals surface area contributed by atoms with E-state index >= 15 is 0 Å². The van der Waals surface area contributed by atoms with Crippen LogP contribution >= 0.6 is 0 Å². The average Bonchev–Trinajstić information content (AvgIpc) is 3.47. The molecule has 1 aliphatic carbocycles. The molecule has 1 amide bonds. The Hall–Kier alpha value is -2.20. The molecule has 4 rings (SSSR count). The Balaban J connectivity index is 0.000000360. The van der Waals surface area contributed by atoms with Gasteiger partial charge < -0.3 is 15.2 Å². The second-order valence-electron chi connectivity index (χ2n) is 8.73. The molecule has 0 radical (unpaired) electrons. The maximum Gasteiger partial charge on any atom is 0.490 e. The first-order valence-corrected chi connectivity index (χ1v) is 10.8. The number of hydrogen-bond acceptors (Lipinski definition) is 4. The van der Waals surface area contributed by atoms with Crippen molar-refractivity contribution in [1.82, 2.24) is 10.2 Å². The third-order valence-electron chi connectivity index (χ3n) is 6.11. The Labute approximate surface area is 183 Å². The lowest BCUT2D eigenvalue weighted by molar-refractivity contribution is -0.192. The van der Waals surface area contributed by atoms with Gasteiger partial charge in [0.15, 0.2) is 0 Å². The number of amides is 1. The smallest absolute Gasteiger partial charge is 0.475 e. The molecule has 1 atom stereocenters. The van der Waals surface area contributed by atoms with Crippen LogP contribution in [0.4, 0.5) is 17.6 Å². The van der Waals surface area contributed by atoms with Gasteiger partial charge in [-0.3, -0.25) is 9.69 Å². The lowest BCUT2D eigenvalue weighted by Gasteiger charge is -2.39. The monoisotopic (exact) mass is 460 g/mol. The molecule has 0 aromatic heterocycles. The molecule has 0 bridgehead atoms. The largest absolute Gasteiger partial charge is 0.490 e. The van der Waals surface area contributed by atoms with Crippen molar-refractivity contribution in [3.05, 3.63) is 35.6 Å². The number of hydrogen-bond donors (Lipinski definition) is 2. The fraction of sp³-hybridized carbons (Fsp3) is 0.636. The summed E-state index contributed by atoms with van der Waals surface area (Å²) in [5, 5.41) is 10.2. The summed E-state index contributed by atoms with van der Waals surface area (Å²) < 4.78 is 51.3. The van der Waals surface area contributed by atoms with E-state index in [2.05, 4.69) is 10.2 Å². The molecule has 1 aromatic carbocycles. The van der Waals surface area contributed by atoms with Gasteiger partial charge >= 0.3 is 12.1 Å². The number of nitrogens with zero attached hydrogens (tertiary/aromatic N) is 1. The molecule has 3 aliphatic rings. The molecule has 10 heteroatoms. The van der Waals surface area contributed by atoms with Crippen LogP contribution in [-0.4, -0.2) is 59.4 Å². The molecule has 6 nitrogen and oxygen atoms in total. The quantitative estimate of drug-likeness (QED) is 0.658. The summed E-state index contributed by atoms with van der Waals surface area (Å²) in [6.45, 7) is 3.46. The van der Waals surface area contributed by atoms with Gasteiger partial charge in [0, 0.05) is 26.2 Å². The maximum atomic E-state index is 13.3. The predicted molar refractivity (Wildman–Crippen MR) is 107 cm³/mol. The Bertz CT molecular complexity index is 805. The van der Waals surface area contributed by atoms with E-state index in [1.807, 2.05) is 6.07 Å². The van der Waals surface area contributed by atoms with Crippen LogP contribution in [0, 0.1) is 11.7 Å². The molecule has 2 N–H and O–H groups in total. The van der Waals surface area contributed by atoms with Crippen molar-refractivity contribution >= 4 is 11.9 Å². The minimum absolute atomic E-state index is 0.0750. The average molecular weight is 460 g/mol. The summed E-state index contributed by atoms with van der Waals surface area (Å²) in [4.78, 5) is 23.5. The van der Waals surface area contributed by atoms with Crippen molar-refractivity contribution < 1.29 is 37.0 Å². The summed E-state index contributed by atoms with van der Waals surface area (Å²) >= 11 is 0. The Morgan fingerprint density at radius 3 is 2.38 bits per heavy atom. The van der Waals surface area contributed by atoms with Crippen LogP contribution in [-0.2, 0) is 20.9 Å². The lowest BCUT2D eigenvalue weighted by atomic mass is 9.88. The van der Waals surface area contributed by atoms with E-state index in [0.717, 1.165) is 57.4 Å². The van der Waals surface area contributed by atoms with Gasteiger partial charge in [0.25, 0.3) is 0 Å². The number of halogens is 4. The molecular weight excluding hydrogens is 432 g/mol. The van der Waals surface area contributed by atoms with Crippen LogP contribution in [0.15, 0.2) is 24.3 Å². The lowest BCUT2D eigenvalue weighted by Crippen LogP contribution is -2.45. The molecule has 1 saturated carbocycles. The highest BCUT2D eigenvalue weighted by molar-refractivity contribution is 5.81. The van der Waals surface area contributed by atoms with Gasteiger partial charge in [-0.05, 0) is 62.1 Å². The van der Waals surface area contributed by atoms with E-state index in [4.69, 9.17) is 14.6 Å². The van der Waals surface area contributed by atoms with Gasteiger partial charge in [-0.2, -0.15) is 13.2 Å². The summed E-state index contributed by atoms with van der Waals surface area (Å²) in [7, 11) is 0. The van der Waals surface area contributed by atoms with Crippen LogP contribution in [0.5, 0.6) is 0 Å². The zero-order valence-electron chi connectivity index (χ0n) is 17.7. The summed E-state index contributed by atoms with van der Waals surface area (Å²) in [6, 6.07) is 6.83. The molecule has 3 fully saturated rings. The van der Waals surface area contributed by atoms with Gasteiger partial charge in [-0.15, -0.1) is 0 Å². The minimum Gasteiger partial charge on any atom is -0.475 e. The summed E-state index contributed by atoms with van der Waals surface area (Å²) in [5.74, 6) is -2.16. The van der Waals surface area contributed by atoms with Gasteiger partial charge in [-0.1, -0.05) is 12.1 Å². The molecule has 2 saturated heterocycles. The van der Waals surface area contributed by atoms with E-state index in [0.29, 0.717) is 5.92 Å². The van der Waals surface area contributed by atoms with Crippen molar-refractivity contribution in [3.63, 3.8) is 0 Å². The first kappa shape index (κ1) is 24.4. The van der Waals surface area contributed by atoms with Crippen molar-refractivity contribution in [2.45, 2.75) is 63.0 Å². The van der Waals surface area contributed by atoms with Crippen molar-refractivity contribution in [1.29, 1.82) is 0 Å². The third-order valence-corrected chi connectivity index (χ3v) is 6.11. The first-order valence-electron chi connectivity index (χ1n) is 10.8. The van der Waals surface area contributed by atoms with E-state index in [9.17, 15) is 22.4 Å². The number of aliphatic carboxylic acids is 1. The van der Waals surface area contributed by atoms with Crippen molar-refractivity contribution in [2.24, 2.45) is 5.92 Å². The molecule has 1 unspecified atom stereocenters. The number of likely N-dealkylation sites (tertiary alicyclic amines) is 1. The number of carboxylic acids is 1. The van der Waals surface area contributed by atoms with Crippen molar-refractivity contribution in [3.8, 4) is 0 Å². The SMILES string of the molecule is O=C(NCC1CC1)C1CCC2(CCN(Cc3cccc(F)c3)CC2)O1.O=C(O)C(F)(F)F. The van der Waals surface area contributed by atoms with E-state index in [-0.39, 0.29) is 23.4 Å². The van der Waals surface area contributed by atoms with E-state index in [1.54, 1.807) is 12.1 Å². The number of piperidine rings is 1. The van der Waals surface area contributed by atoms with Crippen molar-refractivity contribution in [2.75, 3.05) is 19.6 Å². The number of carboxylic acid groups (broad SMARTS) is 1. The topological polar surface area (TPSA) is 78.9 Å². The van der Waals surface area contributed by atoms with Crippen LogP contribution in [0.2, 0.25) is 0 Å². The third kappa shape index (κ3) is 7.16. The number of nitrogens with one attached hydrogen (secondary N) is 1. The van der Waals surface area contributed by atoms with Gasteiger partial charge in [0.2, 0.25) is 5.91 Å². The second-order valence-corrected chi connectivity index (χ2v) is 8.73. The summed E-state index contributed by atoms with van der Waals surface area (Å²) in [6.07, 6.45) is 0.855. The second kappa shape index (κ2) is 10.2. The van der Waals surface area contributed by atoms with E-state index in [1.165, 1.54) is 18.9 Å². The molecule has 32 heavy (non-hydrogen) atoms. The highest BCUT2D eigenvalue weighted by Crippen LogP contribution is 2.39. The number of alkyl halides is 3. The normalized spacial score (nSPS) is 22.8. The Morgan fingerprint density at radius 1 is 1.16 bits per heavy atom. The van der Waals surface area contributed by atoms with Gasteiger partial charge in [0.1, 0.15) is 11.9 Å². The van der Waals surface area contributed by atoms with Crippen LogP contribution in [0.3, 0.4) is 0 Å². The molecule has 1 spiro atoms. The maximum absolute atomic E-state index is 13.3. The van der Waals surface area contributed by atoms with Crippen LogP contribution in [0.1, 0.15) is 44.1 Å². The van der Waals surface area contributed by atoms with Gasteiger partial charge in [-0.25, -0.2) is 9.18 Å². The molecule has 178 valence electrons. The number of carbonyl (C=O) groups is 2. The first-order chi connectivity index (χ1) is 15.1. The zero-order chi connectivity index (χ0) is 23.4. The number of benzene rings is 1. The highest BCUT2D eigenvalue weighted by atomic mass is 19.4. The fourth-order valence-corrected chi connectivity index (χ4v) is 4.06.